The van der Waals surface area contributed by atoms with Crippen molar-refractivity contribution >= 4 is 11.6 Å². The highest BCUT2D eigenvalue weighted by Crippen LogP contribution is 2.36. The molecule has 0 bridgehead atoms. The van der Waals surface area contributed by atoms with Crippen LogP contribution in [0.25, 0.3) is 0 Å². The summed E-state index contributed by atoms with van der Waals surface area (Å²) in [5.74, 6) is -0.392. The van der Waals surface area contributed by atoms with Crippen molar-refractivity contribution in [1.82, 2.24) is 15.3 Å². The number of hydrogen-bond acceptors (Lipinski definition) is 5. The van der Waals surface area contributed by atoms with Crippen LogP contribution in [0.15, 0.2) is 30.6 Å². The third-order valence-corrected chi connectivity index (χ3v) is 4.73. The summed E-state index contributed by atoms with van der Waals surface area (Å²) in [6.45, 7) is 3.61. The smallest absolute Gasteiger partial charge is 0.388 e. The summed E-state index contributed by atoms with van der Waals surface area (Å²) in [5.41, 5.74) is 1.72. The van der Waals surface area contributed by atoms with E-state index in [1.807, 2.05) is 19.9 Å². The quantitative estimate of drug-likeness (QED) is 0.811. The second-order valence-electron chi connectivity index (χ2n) is 6.94. The molecule has 3 heterocycles. The van der Waals surface area contributed by atoms with Gasteiger partial charge in [0.1, 0.15) is 5.69 Å². The van der Waals surface area contributed by atoms with Gasteiger partial charge in [-0.1, -0.05) is 13.8 Å². The molecule has 8 heteroatoms. The molecule has 1 amide bonds. The van der Waals surface area contributed by atoms with Crippen LogP contribution >= 0.6 is 0 Å². The molecule has 2 aromatic rings. The van der Waals surface area contributed by atoms with Crippen molar-refractivity contribution in [1.29, 1.82) is 0 Å². The Morgan fingerprint density at radius 1 is 1.30 bits per heavy atom. The van der Waals surface area contributed by atoms with Crippen LogP contribution in [0.2, 0.25) is 0 Å². The SMILES string of the molecule is Cc1ccc(NC(=O)C2(c3ccncc3C(C)C)CNC2)c(OC(F)F)n1. The van der Waals surface area contributed by atoms with E-state index in [2.05, 4.69) is 25.3 Å². The second kappa shape index (κ2) is 7.56. The monoisotopic (exact) mass is 376 g/mol. The molecule has 1 saturated heterocycles. The average Bonchev–Trinajstić information content (AvgIpc) is 2.56. The fourth-order valence-corrected chi connectivity index (χ4v) is 3.20. The van der Waals surface area contributed by atoms with Gasteiger partial charge in [-0.05, 0) is 42.2 Å². The number of amides is 1. The highest BCUT2D eigenvalue weighted by molar-refractivity contribution is 6.01. The average molecular weight is 376 g/mol. The first kappa shape index (κ1) is 19.2. The minimum absolute atomic E-state index is 0.123. The molecule has 1 aliphatic heterocycles. The normalized spacial score (nSPS) is 15.5. The lowest BCUT2D eigenvalue weighted by Crippen LogP contribution is -2.63. The molecular weight excluding hydrogens is 354 g/mol. The van der Waals surface area contributed by atoms with E-state index in [0.29, 0.717) is 18.8 Å². The summed E-state index contributed by atoms with van der Waals surface area (Å²) in [6.07, 6.45) is 3.43. The molecule has 2 aromatic heterocycles. The molecule has 0 aliphatic carbocycles. The fraction of sp³-hybridized carbons (Fsp3) is 0.421. The van der Waals surface area contributed by atoms with Gasteiger partial charge in [-0.25, -0.2) is 4.98 Å². The number of aromatic nitrogens is 2. The van der Waals surface area contributed by atoms with Crippen molar-refractivity contribution in [3.63, 3.8) is 0 Å². The van der Waals surface area contributed by atoms with E-state index in [0.717, 1.165) is 11.1 Å². The number of carbonyl (C=O) groups is 1. The van der Waals surface area contributed by atoms with Gasteiger partial charge in [0.2, 0.25) is 11.8 Å². The van der Waals surface area contributed by atoms with E-state index in [1.54, 1.807) is 25.4 Å². The molecule has 1 fully saturated rings. The molecule has 0 aromatic carbocycles. The Morgan fingerprint density at radius 2 is 2.04 bits per heavy atom. The Morgan fingerprint density at radius 3 is 2.63 bits per heavy atom. The molecule has 0 spiro atoms. The number of anilines is 1. The lowest BCUT2D eigenvalue weighted by Gasteiger charge is -2.42. The molecule has 1 aliphatic rings. The van der Waals surface area contributed by atoms with Gasteiger partial charge in [0.15, 0.2) is 0 Å². The zero-order chi connectivity index (χ0) is 19.6. The Kier molecular flexibility index (Phi) is 5.36. The maximum atomic E-state index is 13.2. The first-order valence-electron chi connectivity index (χ1n) is 8.72. The van der Waals surface area contributed by atoms with E-state index in [4.69, 9.17) is 0 Å². The molecular formula is C19H22F2N4O2. The van der Waals surface area contributed by atoms with Crippen molar-refractivity contribution < 1.29 is 18.3 Å². The van der Waals surface area contributed by atoms with Crippen molar-refractivity contribution in [3.8, 4) is 5.88 Å². The molecule has 144 valence electrons. The Balaban J connectivity index is 1.94. The van der Waals surface area contributed by atoms with Crippen molar-refractivity contribution in [3.05, 3.63) is 47.4 Å². The van der Waals surface area contributed by atoms with Crippen LogP contribution in [0.5, 0.6) is 5.88 Å². The van der Waals surface area contributed by atoms with Crippen molar-refractivity contribution in [2.24, 2.45) is 0 Å². The predicted molar refractivity (Wildman–Crippen MR) is 97.1 cm³/mol. The van der Waals surface area contributed by atoms with Crippen LogP contribution in [0, 0.1) is 6.92 Å². The largest absolute Gasteiger partial charge is 0.415 e. The first-order valence-corrected chi connectivity index (χ1v) is 8.72. The number of hydrogen-bond donors (Lipinski definition) is 2. The molecule has 3 rings (SSSR count). The number of pyridine rings is 2. The topological polar surface area (TPSA) is 76.1 Å². The summed E-state index contributed by atoms with van der Waals surface area (Å²) in [5, 5.41) is 5.87. The van der Waals surface area contributed by atoms with Crippen LogP contribution in [0.3, 0.4) is 0 Å². The minimum atomic E-state index is -3.03. The molecule has 2 N–H and O–H groups in total. The van der Waals surface area contributed by atoms with Gasteiger partial charge in [0.05, 0.1) is 5.41 Å². The van der Waals surface area contributed by atoms with E-state index in [-0.39, 0.29) is 23.4 Å². The number of ether oxygens (including phenoxy) is 1. The zero-order valence-corrected chi connectivity index (χ0v) is 15.4. The number of alkyl halides is 2. The second-order valence-corrected chi connectivity index (χ2v) is 6.94. The third-order valence-electron chi connectivity index (χ3n) is 4.73. The summed E-state index contributed by atoms with van der Waals surface area (Å²) in [6, 6.07) is 5.00. The molecule has 0 atom stereocenters. The standard InChI is InChI=1S/C19H22F2N4O2/c1-11(2)13-8-22-7-6-14(13)19(9-23-10-19)17(26)25-15-5-4-12(3)24-16(15)27-18(20)21/h4-8,11,18,23H,9-10H2,1-3H3,(H,25,26). The summed E-state index contributed by atoms with van der Waals surface area (Å²) in [7, 11) is 0. The number of nitrogens with zero attached hydrogens (tertiary/aromatic N) is 2. The number of carbonyl (C=O) groups excluding carboxylic acids is 1. The fourth-order valence-electron chi connectivity index (χ4n) is 3.20. The summed E-state index contributed by atoms with van der Waals surface area (Å²) in [4.78, 5) is 21.3. The molecule has 0 radical (unpaired) electrons. The Hall–Kier alpha value is -2.61. The number of nitrogens with one attached hydrogen (secondary N) is 2. The Labute approximate surface area is 156 Å². The van der Waals surface area contributed by atoms with E-state index in [1.165, 1.54) is 6.07 Å². The highest BCUT2D eigenvalue weighted by Gasteiger charge is 2.47. The van der Waals surface area contributed by atoms with Gasteiger partial charge < -0.3 is 15.4 Å². The number of rotatable bonds is 6. The van der Waals surface area contributed by atoms with E-state index >= 15 is 0 Å². The van der Waals surface area contributed by atoms with Crippen LogP contribution in [0.4, 0.5) is 14.5 Å². The van der Waals surface area contributed by atoms with Gasteiger partial charge in [0.25, 0.3) is 0 Å². The van der Waals surface area contributed by atoms with Crippen LogP contribution in [-0.2, 0) is 10.2 Å². The van der Waals surface area contributed by atoms with Gasteiger partial charge in [-0.15, -0.1) is 0 Å². The molecule has 0 unspecified atom stereocenters. The van der Waals surface area contributed by atoms with Crippen LogP contribution in [-0.4, -0.2) is 35.6 Å². The number of halogens is 2. The van der Waals surface area contributed by atoms with Gasteiger partial charge >= 0.3 is 6.61 Å². The molecule has 27 heavy (non-hydrogen) atoms. The lowest BCUT2D eigenvalue weighted by molar-refractivity contribution is -0.123. The van der Waals surface area contributed by atoms with E-state index in [9.17, 15) is 13.6 Å². The number of aryl methyl sites for hydroxylation is 1. The highest BCUT2D eigenvalue weighted by atomic mass is 19.3. The van der Waals surface area contributed by atoms with Gasteiger partial charge in [0, 0.05) is 31.2 Å². The molecule has 0 saturated carbocycles. The third kappa shape index (κ3) is 3.75. The summed E-state index contributed by atoms with van der Waals surface area (Å²) < 4.78 is 29.9. The zero-order valence-electron chi connectivity index (χ0n) is 15.4. The predicted octanol–water partition coefficient (Wildman–Crippen LogP) is 2.99. The van der Waals surface area contributed by atoms with E-state index < -0.39 is 12.0 Å². The van der Waals surface area contributed by atoms with Gasteiger partial charge in [-0.2, -0.15) is 8.78 Å². The van der Waals surface area contributed by atoms with Crippen molar-refractivity contribution in [2.75, 3.05) is 18.4 Å². The summed E-state index contributed by atoms with van der Waals surface area (Å²) >= 11 is 0. The minimum Gasteiger partial charge on any atom is -0.415 e. The lowest BCUT2D eigenvalue weighted by atomic mass is 9.71. The van der Waals surface area contributed by atoms with Crippen molar-refractivity contribution in [2.45, 2.75) is 38.7 Å². The van der Waals surface area contributed by atoms with Crippen LogP contribution < -0.4 is 15.4 Å². The molecule has 6 nitrogen and oxygen atoms in total. The Bertz CT molecular complexity index is 838. The maximum absolute atomic E-state index is 13.2. The maximum Gasteiger partial charge on any atom is 0.388 e. The first-order chi connectivity index (χ1) is 12.8. The van der Waals surface area contributed by atoms with Crippen LogP contribution in [0.1, 0.15) is 36.6 Å². The van der Waals surface area contributed by atoms with Gasteiger partial charge in [-0.3, -0.25) is 9.78 Å².